The van der Waals surface area contributed by atoms with Gasteiger partial charge in [-0.15, -0.1) is 0 Å². The Kier molecular flexibility index (Phi) is 6.09. The van der Waals surface area contributed by atoms with Crippen molar-refractivity contribution in [2.24, 2.45) is 0 Å². The van der Waals surface area contributed by atoms with Gasteiger partial charge in [0.05, 0.1) is 6.61 Å². The summed E-state index contributed by atoms with van der Waals surface area (Å²) in [5.41, 5.74) is 1.66. The molecule has 0 radical (unpaired) electrons. The van der Waals surface area contributed by atoms with Crippen molar-refractivity contribution in [1.29, 1.82) is 0 Å². The summed E-state index contributed by atoms with van der Waals surface area (Å²) in [6.45, 7) is 7.17. The van der Waals surface area contributed by atoms with Gasteiger partial charge in [-0.2, -0.15) is 0 Å². The number of halogens is 1. The summed E-state index contributed by atoms with van der Waals surface area (Å²) in [6.07, 6.45) is 0. The molecule has 0 aliphatic carbocycles. The monoisotopic (exact) mass is 311 g/mol. The number of esters is 1. The minimum absolute atomic E-state index is 0.323. The predicted molar refractivity (Wildman–Crippen MR) is 76.2 cm³/mol. The summed E-state index contributed by atoms with van der Waals surface area (Å²) in [7, 11) is 1.95. The third kappa shape index (κ3) is 4.63. The van der Waals surface area contributed by atoms with E-state index in [2.05, 4.69) is 22.5 Å². The Morgan fingerprint density at radius 3 is 2.72 bits per heavy atom. The van der Waals surface area contributed by atoms with Crippen molar-refractivity contribution in [3.05, 3.63) is 46.5 Å². The van der Waals surface area contributed by atoms with E-state index in [1.807, 2.05) is 36.2 Å². The lowest BCUT2D eigenvalue weighted by Crippen LogP contribution is -2.24. The Labute approximate surface area is 117 Å². The average molecular weight is 312 g/mol. The van der Waals surface area contributed by atoms with Gasteiger partial charge in [-0.1, -0.05) is 40.7 Å². The van der Waals surface area contributed by atoms with Crippen LogP contribution < -0.4 is 0 Å². The standard InChI is InChI=1S/C14H18BrNO2/c1-4-18-14(17)11(2)9-16(3)10-12-7-5-6-8-13(12)15/h5-8H,2,4,9-10H2,1,3H3. The molecule has 0 aromatic heterocycles. The normalized spacial score (nSPS) is 10.4. The van der Waals surface area contributed by atoms with Gasteiger partial charge in [0.15, 0.2) is 0 Å². The molecular formula is C14H18BrNO2. The maximum atomic E-state index is 11.4. The minimum Gasteiger partial charge on any atom is -0.463 e. The summed E-state index contributed by atoms with van der Waals surface area (Å²) in [5.74, 6) is -0.323. The van der Waals surface area contributed by atoms with E-state index in [4.69, 9.17) is 4.74 Å². The Bertz CT molecular complexity index is 432. The van der Waals surface area contributed by atoms with Gasteiger partial charge >= 0.3 is 5.97 Å². The molecule has 0 saturated carbocycles. The molecule has 1 rings (SSSR count). The van der Waals surface area contributed by atoms with Crippen molar-refractivity contribution >= 4 is 21.9 Å². The second-order valence-electron chi connectivity index (χ2n) is 4.09. The minimum atomic E-state index is -0.323. The molecule has 18 heavy (non-hydrogen) atoms. The van der Waals surface area contributed by atoms with Gasteiger partial charge in [-0.25, -0.2) is 4.79 Å². The first-order chi connectivity index (χ1) is 8.54. The van der Waals surface area contributed by atoms with Gasteiger partial charge in [-0.3, -0.25) is 4.90 Å². The highest BCUT2D eigenvalue weighted by atomic mass is 79.9. The number of rotatable bonds is 6. The third-order valence-electron chi connectivity index (χ3n) is 2.42. The Balaban J connectivity index is 2.52. The van der Waals surface area contributed by atoms with E-state index in [0.29, 0.717) is 18.7 Å². The van der Waals surface area contributed by atoms with E-state index < -0.39 is 0 Å². The molecule has 0 amide bonds. The zero-order chi connectivity index (χ0) is 13.5. The van der Waals surface area contributed by atoms with Crippen LogP contribution in [0.4, 0.5) is 0 Å². The van der Waals surface area contributed by atoms with Crippen LogP contribution in [0.1, 0.15) is 12.5 Å². The quantitative estimate of drug-likeness (QED) is 0.597. The molecule has 0 fully saturated rings. The summed E-state index contributed by atoms with van der Waals surface area (Å²) in [6, 6.07) is 8.02. The van der Waals surface area contributed by atoms with Gasteiger partial charge in [-0.05, 0) is 25.6 Å². The second-order valence-corrected chi connectivity index (χ2v) is 4.94. The van der Waals surface area contributed by atoms with E-state index in [9.17, 15) is 4.79 Å². The highest BCUT2D eigenvalue weighted by Gasteiger charge is 2.11. The number of hydrogen-bond donors (Lipinski definition) is 0. The van der Waals surface area contributed by atoms with Crippen LogP contribution in [-0.4, -0.2) is 31.1 Å². The molecule has 0 aliphatic rings. The number of likely N-dealkylation sites (N-methyl/N-ethyl adjacent to an activating group) is 1. The fourth-order valence-electron chi connectivity index (χ4n) is 1.60. The van der Waals surface area contributed by atoms with E-state index in [1.165, 1.54) is 5.56 Å². The van der Waals surface area contributed by atoms with Gasteiger partial charge in [0.1, 0.15) is 0 Å². The number of nitrogens with zero attached hydrogens (tertiary/aromatic N) is 1. The van der Waals surface area contributed by atoms with Crippen LogP contribution >= 0.6 is 15.9 Å². The first kappa shape index (κ1) is 14.9. The van der Waals surface area contributed by atoms with Crippen molar-refractivity contribution in [3.8, 4) is 0 Å². The van der Waals surface area contributed by atoms with E-state index in [1.54, 1.807) is 6.92 Å². The molecule has 0 heterocycles. The molecule has 4 heteroatoms. The zero-order valence-corrected chi connectivity index (χ0v) is 12.4. The molecule has 3 nitrogen and oxygen atoms in total. The number of benzene rings is 1. The first-order valence-electron chi connectivity index (χ1n) is 5.81. The van der Waals surface area contributed by atoms with Gasteiger partial charge < -0.3 is 4.74 Å². The van der Waals surface area contributed by atoms with Crippen molar-refractivity contribution in [2.45, 2.75) is 13.5 Å². The molecule has 1 aromatic carbocycles. The smallest absolute Gasteiger partial charge is 0.334 e. The molecule has 0 bridgehead atoms. The number of carbonyl (C=O) groups excluding carboxylic acids is 1. The summed E-state index contributed by atoms with van der Waals surface area (Å²) in [4.78, 5) is 13.5. The molecule has 0 saturated heterocycles. The molecular weight excluding hydrogens is 294 g/mol. The van der Waals surface area contributed by atoms with Crippen LogP contribution in [0.3, 0.4) is 0 Å². The fourth-order valence-corrected chi connectivity index (χ4v) is 2.01. The molecule has 0 spiro atoms. The molecule has 0 N–H and O–H groups in total. The van der Waals surface area contributed by atoms with Crippen molar-refractivity contribution in [3.63, 3.8) is 0 Å². The van der Waals surface area contributed by atoms with Crippen molar-refractivity contribution < 1.29 is 9.53 Å². The molecule has 0 atom stereocenters. The van der Waals surface area contributed by atoms with Gasteiger partial charge in [0.25, 0.3) is 0 Å². The van der Waals surface area contributed by atoms with E-state index >= 15 is 0 Å². The van der Waals surface area contributed by atoms with Crippen LogP contribution in [-0.2, 0) is 16.1 Å². The highest BCUT2D eigenvalue weighted by molar-refractivity contribution is 9.10. The Morgan fingerprint density at radius 2 is 2.11 bits per heavy atom. The maximum Gasteiger partial charge on any atom is 0.334 e. The molecule has 1 aromatic rings. The summed E-state index contributed by atoms with van der Waals surface area (Å²) >= 11 is 3.50. The SMILES string of the molecule is C=C(CN(C)Cc1ccccc1Br)C(=O)OCC. The van der Waals surface area contributed by atoms with Crippen LogP contribution in [0.15, 0.2) is 40.9 Å². The van der Waals surface area contributed by atoms with Crippen LogP contribution in [0.25, 0.3) is 0 Å². The number of ether oxygens (including phenoxy) is 1. The van der Waals surface area contributed by atoms with E-state index in [-0.39, 0.29) is 5.97 Å². The van der Waals surface area contributed by atoms with Gasteiger partial charge in [0.2, 0.25) is 0 Å². The average Bonchev–Trinajstić information content (AvgIpc) is 2.32. The molecule has 0 aliphatic heterocycles. The van der Waals surface area contributed by atoms with Crippen LogP contribution in [0, 0.1) is 0 Å². The van der Waals surface area contributed by atoms with E-state index in [0.717, 1.165) is 11.0 Å². The highest BCUT2D eigenvalue weighted by Crippen LogP contribution is 2.17. The Hall–Kier alpha value is -1.13. The maximum absolute atomic E-state index is 11.4. The summed E-state index contributed by atoms with van der Waals surface area (Å²) in [5, 5.41) is 0. The van der Waals surface area contributed by atoms with Gasteiger partial charge in [0, 0.05) is 23.1 Å². The molecule has 98 valence electrons. The topological polar surface area (TPSA) is 29.5 Å². The number of hydrogen-bond acceptors (Lipinski definition) is 3. The second kappa shape index (κ2) is 7.34. The van der Waals surface area contributed by atoms with Crippen molar-refractivity contribution in [2.75, 3.05) is 20.2 Å². The molecule has 0 unspecified atom stereocenters. The Morgan fingerprint density at radius 1 is 1.44 bits per heavy atom. The fraction of sp³-hybridized carbons (Fsp3) is 0.357. The van der Waals surface area contributed by atoms with Crippen molar-refractivity contribution in [1.82, 2.24) is 4.90 Å². The lowest BCUT2D eigenvalue weighted by molar-refractivity contribution is -0.138. The third-order valence-corrected chi connectivity index (χ3v) is 3.20. The lowest BCUT2D eigenvalue weighted by Gasteiger charge is -2.18. The summed E-state index contributed by atoms with van der Waals surface area (Å²) < 4.78 is 5.97. The lowest BCUT2D eigenvalue weighted by atomic mass is 10.2. The predicted octanol–water partition coefficient (Wildman–Crippen LogP) is 3.00. The number of carbonyl (C=O) groups is 1. The van der Waals surface area contributed by atoms with Crippen LogP contribution in [0.5, 0.6) is 0 Å². The first-order valence-corrected chi connectivity index (χ1v) is 6.60. The largest absolute Gasteiger partial charge is 0.463 e. The zero-order valence-electron chi connectivity index (χ0n) is 10.8. The van der Waals surface area contributed by atoms with Crippen LogP contribution in [0.2, 0.25) is 0 Å².